The van der Waals surface area contributed by atoms with Crippen molar-refractivity contribution in [2.45, 2.75) is 38.6 Å². The fraction of sp³-hybridized carbons (Fsp3) is 0.357. The first kappa shape index (κ1) is 25.6. The molecule has 7 nitrogen and oxygen atoms in total. The highest BCUT2D eigenvalue weighted by Gasteiger charge is 2.36. The number of aromatic amines is 1. The number of pyridine rings is 2. The number of halogens is 2. The van der Waals surface area contributed by atoms with Crippen molar-refractivity contribution in [3.8, 4) is 0 Å². The van der Waals surface area contributed by atoms with Crippen LogP contribution in [0.1, 0.15) is 46.7 Å². The summed E-state index contributed by atoms with van der Waals surface area (Å²) in [6.45, 7) is 2.21. The summed E-state index contributed by atoms with van der Waals surface area (Å²) < 4.78 is 0. The van der Waals surface area contributed by atoms with Crippen molar-refractivity contribution in [1.82, 2.24) is 30.6 Å². The van der Waals surface area contributed by atoms with Crippen LogP contribution in [0.4, 0.5) is 0 Å². The highest BCUT2D eigenvalue weighted by Crippen LogP contribution is 2.37. The van der Waals surface area contributed by atoms with Gasteiger partial charge < -0.3 is 15.6 Å². The van der Waals surface area contributed by atoms with Crippen molar-refractivity contribution in [3.05, 3.63) is 87.7 Å². The third-order valence-corrected chi connectivity index (χ3v) is 7.48. The van der Waals surface area contributed by atoms with Gasteiger partial charge in [-0.3, -0.25) is 14.8 Å². The zero-order valence-corrected chi connectivity index (χ0v) is 22.0. The van der Waals surface area contributed by atoms with Gasteiger partial charge in [0.05, 0.1) is 33.2 Å². The second kappa shape index (κ2) is 12.0. The van der Waals surface area contributed by atoms with E-state index >= 15 is 0 Å². The molecule has 2 aliphatic carbocycles. The Labute approximate surface area is 226 Å². The number of hydrogen-bond donors (Lipinski definition) is 3. The van der Waals surface area contributed by atoms with Gasteiger partial charge in [0.25, 0.3) is 5.91 Å². The van der Waals surface area contributed by atoms with E-state index in [0.717, 1.165) is 29.8 Å². The summed E-state index contributed by atoms with van der Waals surface area (Å²) in [5, 5.41) is 6.88. The maximum Gasteiger partial charge on any atom is 0.254 e. The predicted octanol–water partition coefficient (Wildman–Crippen LogP) is 5.38. The number of carbonyl (C=O) groups excluding carboxylic acids is 1. The molecule has 0 bridgehead atoms. The zero-order valence-electron chi connectivity index (χ0n) is 20.5. The molecular weight excluding hydrogens is 507 g/mol. The van der Waals surface area contributed by atoms with Crippen LogP contribution >= 0.6 is 23.2 Å². The number of benzene rings is 1. The van der Waals surface area contributed by atoms with Gasteiger partial charge in [-0.15, -0.1) is 0 Å². The van der Waals surface area contributed by atoms with Gasteiger partial charge in [0.1, 0.15) is 5.82 Å². The first-order chi connectivity index (χ1) is 18.1. The van der Waals surface area contributed by atoms with Crippen LogP contribution in [0.3, 0.4) is 0 Å². The largest absolute Gasteiger partial charge is 0.352 e. The number of carbonyl (C=O) groups is 1. The number of fused-ring (bicyclic) bond motifs is 2. The smallest absolute Gasteiger partial charge is 0.254 e. The van der Waals surface area contributed by atoms with Gasteiger partial charge in [-0.25, -0.2) is 4.98 Å². The summed E-state index contributed by atoms with van der Waals surface area (Å²) in [4.78, 5) is 28.3. The van der Waals surface area contributed by atoms with Crippen LogP contribution in [-0.2, 0) is 19.4 Å². The van der Waals surface area contributed by atoms with Crippen LogP contribution in [0.2, 0.25) is 10.0 Å². The number of para-hydroxylation sites is 2. The maximum atomic E-state index is 12.3. The Hall–Kier alpha value is -3.00. The molecule has 1 amide bonds. The first-order valence-corrected chi connectivity index (χ1v) is 13.5. The number of imidazole rings is 1. The van der Waals surface area contributed by atoms with Gasteiger partial charge in [0.15, 0.2) is 0 Å². The second-order valence-electron chi connectivity index (χ2n) is 9.59. The predicted molar refractivity (Wildman–Crippen MR) is 147 cm³/mol. The summed E-state index contributed by atoms with van der Waals surface area (Å²) in [7, 11) is 0. The van der Waals surface area contributed by atoms with E-state index in [4.69, 9.17) is 23.2 Å². The Morgan fingerprint density at radius 2 is 1.78 bits per heavy atom. The van der Waals surface area contributed by atoms with Crippen LogP contribution in [0.25, 0.3) is 11.0 Å². The van der Waals surface area contributed by atoms with Crippen molar-refractivity contribution >= 4 is 40.1 Å². The Bertz CT molecular complexity index is 1300. The lowest BCUT2D eigenvalue weighted by Gasteiger charge is -2.12. The Morgan fingerprint density at radius 1 is 1.00 bits per heavy atom. The van der Waals surface area contributed by atoms with E-state index in [1.54, 1.807) is 0 Å². The second-order valence-corrected chi connectivity index (χ2v) is 10.4. The van der Waals surface area contributed by atoms with Gasteiger partial charge in [-0.1, -0.05) is 41.4 Å². The normalized spacial score (nSPS) is 18.0. The van der Waals surface area contributed by atoms with Crippen LogP contribution in [-0.4, -0.2) is 38.9 Å². The molecule has 2 atom stereocenters. The molecule has 0 saturated heterocycles. The Balaban J connectivity index is 0.000000233. The molecule has 6 rings (SSSR count). The first-order valence-electron chi connectivity index (χ1n) is 12.7. The fourth-order valence-electron chi connectivity index (χ4n) is 4.75. The molecule has 192 valence electrons. The van der Waals surface area contributed by atoms with Crippen molar-refractivity contribution < 1.29 is 4.79 Å². The maximum absolute atomic E-state index is 12.3. The minimum absolute atomic E-state index is 0.256. The van der Waals surface area contributed by atoms with E-state index in [0.29, 0.717) is 24.9 Å². The highest BCUT2D eigenvalue weighted by molar-refractivity contribution is 6.39. The summed E-state index contributed by atoms with van der Waals surface area (Å²) in [5.74, 6) is 1.70. The van der Waals surface area contributed by atoms with E-state index in [-0.39, 0.29) is 21.5 Å². The molecule has 1 saturated carbocycles. The number of hydrogen-bond acceptors (Lipinski definition) is 5. The standard InChI is InChI=1S/C19H19Cl2N5O.C9H11N/c20-13-8-23-9-14(21)18(13)19(27)24-7-12-5-11(12)6-22-10-17-25-15-3-1-2-4-16(15)26-17;1-2-6-9-8(4-1)5-3-7-10-9/h1-4,8-9,11-12,22H,5-7,10H2,(H,24,27)(H,25,26);3,5,7H,1-2,4,6H2. The minimum Gasteiger partial charge on any atom is -0.352 e. The molecule has 1 aromatic carbocycles. The van der Waals surface area contributed by atoms with Crippen LogP contribution in [0.5, 0.6) is 0 Å². The number of amides is 1. The van der Waals surface area contributed by atoms with Gasteiger partial charge in [-0.05, 0) is 74.2 Å². The number of H-pyrrole nitrogens is 1. The van der Waals surface area contributed by atoms with Gasteiger partial charge in [-0.2, -0.15) is 0 Å². The van der Waals surface area contributed by atoms with Gasteiger partial charge in [0.2, 0.25) is 0 Å². The van der Waals surface area contributed by atoms with E-state index < -0.39 is 0 Å². The van der Waals surface area contributed by atoms with Crippen LogP contribution in [0, 0.1) is 11.8 Å². The summed E-state index contributed by atoms with van der Waals surface area (Å²) >= 11 is 12.0. The van der Waals surface area contributed by atoms with Gasteiger partial charge in [0, 0.05) is 30.8 Å². The summed E-state index contributed by atoms with van der Waals surface area (Å²) in [6.07, 6.45) is 10.9. The van der Waals surface area contributed by atoms with E-state index in [9.17, 15) is 4.79 Å². The highest BCUT2D eigenvalue weighted by atomic mass is 35.5. The molecule has 0 aliphatic heterocycles. The number of rotatable bonds is 7. The SMILES string of the molecule is O=C(NCC1CC1CNCc1nc2ccccc2[nH]1)c1c(Cl)cncc1Cl.c1cnc2c(c1)CCCC2. The molecule has 0 spiro atoms. The lowest BCUT2D eigenvalue weighted by Crippen LogP contribution is -2.27. The van der Waals surface area contributed by atoms with Gasteiger partial charge >= 0.3 is 0 Å². The van der Waals surface area contributed by atoms with Crippen LogP contribution < -0.4 is 10.6 Å². The zero-order chi connectivity index (χ0) is 25.6. The van der Waals surface area contributed by atoms with Crippen molar-refractivity contribution in [2.24, 2.45) is 11.8 Å². The van der Waals surface area contributed by atoms with E-state index in [1.165, 1.54) is 49.3 Å². The molecule has 2 unspecified atom stereocenters. The summed E-state index contributed by atoms with van der Waals surface area (Å²) in [5.41, 5.74) is 5.11. The molecule has 9 heteroatoms. The molecular formula is C28H30Cl2N6O. The monoisotopic (exact) mass is 536 g/mol. The molecule has 0 radical (unpaired) electrons. The molecule has 3 aromatic heterocycles. The molecule has 2 aliphatic rings. The Kier molecular flexibility index (Phi) is 8.34. The fourth-order valence-corrected chi connectivity index (χ4v) is 5.28. The lowest BCUT2D eigenvalue weighted by molar-refractivity contribution is 0.0951. The molecule has 37 heavy (non-hydrogen) atoms. The van der Waals surface area contributed by atoms with Crippen LogP contribution in [0.15, 0.2) is 55.0 Å². The average molecular weight is 537 g/mol. The molecule has 1 fully saturated rings. The van der Waals surface area contributed by atoms with Crippen molar-refractivity contribution in [2.75, 3.05) is 13.1 Å². The summed E-state index contributed by atoms with van der Waals surface area (Å²) in [6, 6.07) is 12.2. The number of aryl methyl sites for hydroxylation is 2. The molecule has 4 aromatic rings. The average Bonchev–Trinajstić information content (AvgIpc) is 3.53. The van der Waals surface area contributed by atoms with E-state index in [2.05, 4.69) is 36.6 Å². The van der Waals surface area contributed by atoms with Crippen molar-refractivity contribution in [3.63, 3.8) is 0 Å². The molecule has 3 heterocycles. The lowest BCUT2D eigenvalue weighted by atomic mass is 9.96. The van der Waals surface area contributed by atoms with E-state index in [1.807, 2.05) is 36.5 Å². The topological polar surface area (TPSA) is 95.6 Å². The van der Waals surface area contributed by atoms with Crippen molar-refractivity contribution in [1.29, 1.82) is 0 Å². The number of aromatic nitrogens is 4. The third kappa shape index (κ3) is 6.66. The number of nitrogens with zero attached hydrogens (tertiary/aromatic N) is 3. The quantitative estimate of drug-likeness (QED) is 0.294. The Morgan fingerprint density at radius 3 is 2.59 bits per heavy atom. The number of nitrogens with one attached hydrogen (secondary N) is 3. The third-order valence-electron chi connectivity index (χ3n) is 6.91. The minimum atomic E-state index is -0.256. The molecule has 3 N–H and O–H groups in total.